The van der Waals surface area contributed by atoms with Gasteiger partial charge in [0.15, 0.2) is 0 Å². The first-order valence-electron chi connectivity index (χ1n) is 5.37. The summed E-state index contributed by atoms with van der Waals surface area (Å²) >= 11 is 1.70. The number of hydrogen-bond acceptors (Lipinski definition) is 4. The van der Waals surface area contributed by atoms with Crippen LogP contribution in [0.15, 0.2) is 0 Å². The normalized spacial score (nSPS) is 17.9. The summed E-state index contributed by atoms with van der Waals surface area (Å²) in [7, 11) is 0. The Morgan fingerprint density at radius 3 is 2.87 bits per heavy atom. The lowest BCUT2D eigenvalue weighted by Gasteiger charge is -2.07. The van der Waals surface area contributed by atoms with Crippen LogP contribution in [0.4, 0.5) is 5.95 Å². The summed E-state index contributed by atoms with van der Waals surface area (Å²) < 4.78 is 1.95. The number of nitrogens with two attached hydrogens (primary N) is 1. The molecule has 1 aliphatic carbocycles. The van der Waals surface area contributed by atoms with Gasteiger partial charge in [0.1, 0.15) is 0 Å². The zero-order valence-electron chi connectivity index (χ0n) is 8.73. The SMILES string of the molecule is Cc1sc2nc(N)nn2c1C1CCCC1. The Morgan fingerprint density at radius 2 is 2.13 bits per heavy atom. The second-order valence-corrected chi connectivity index (χ2v) is 5.37. The van der Waals surface area contributed by atoms with Gasteiger partial charge >= 0.3 is 0 Å². The van der Waals surface area contributed by atoms with Crippen LogP contribution in [-0.4, -0.2) is 14.6 Å². The summed E-state index contributed by atoms with van der Waals surface area (Å²) in [6.07, 6.45) is 5.25. The monoisotopic (exact) mass is 222 g/mol. The van der Waals surface area contributed by atoms with E-state index in [1.54, 1.807) is 11.3 Å². The minimum atomic E-state index is 0.389. The highest BCUT2D eigenvalue weighted by molar-refractivity contribution is 7.17. The fraction of sp³-hybridized carbons (Fsp3) is 0.600. The van der Waals surface area contributed by atoms with Crippen molar-refractivity contribution in [1.82, 2.24) is 14.6 Å². The van der Waals surface area contributed by atoms with Crippen LogP contribution < -0.4 is 5.73 Å². The van der Waals surface area contributed by atoms with Gasteiger partial charge in [-0.2, -0.15) is 4.98 Å². The molecule has 15 heavy (non-hydrogen) atoms. The standard InChI is InChI=1S/C10H14N4S/c1-6-8(7-4-2-3-5-7)14-10(15-6)12-9(11)13-14/h7H,2-5H2,1H3,(H2,11,13). The van der Waals surface area contributed by atoms with Gasteiger partial charge in [-0.15, -0.1) is 5.10 Å². The molecule has 0 amide bonds. The summed E-state index contributed by atoms with van der Waals surface area (Å²) in [5, 5.41) is 4.27. The highest BCUT2D eigenvalue weighted by atomic mass is 32.1. The van der Waals surface area contributed by atoms with Crippen molar-refractivity contribution in [1.29, 1.82) is 0 Å². The van der Waals surface area contributed by atoms with E-state index in [4.69, 9.17) is 5.73 Å². The van der Waals surface area contributed by atoms with Crippen LogP contribution in [0, 0.1) is 6.92 Å². The Kier molecular flexibility index (Phi) is 1.95. The Bertz CT molecular complexity index is 493. The van der Waals surface area contributed by atoms with Crippen molar-refractivity contribution in [2.75, 3.05) is 5.73 Å². The van der Waals surface area contributed by atoms with E-state index in [9.17, 15) is 0 Å². The van der Waals surface area contributed by atoms with E-state index in [1.165, 1.54) is 36.3 Å². The molecule has 3 rings (SSSR count). The summed E-state index contributed by atoms with van der Waals surface area (Å²) in [5.41, 5.74) is 6.96. The number of nitrogen functional groups attached to an aromatic ring is 1. The van der Waals surface area contributed by atoms with Crippen molar-refractivity contribution in [2.24, 2.45) is 0 Å². The van der Waals surface area contributed by atoms with Crippen LogP contribution in [-0.2, 0) is 0 Å². The van der Waals surface area contributed by atoms with Crippen LogP contribution in [0.5, 0.6) is 0 Å². The zero-order chi connectivity index (χ0) is 10.4. The molecule has 2 heterocycles. The molecule has 0 unspecified atom stereocenters. The van der Waals surface area contributed by atoms with Gasteiger partial charge in [0.25, 0.3) is 0 Å². The average molecular weight is 222 g/mol. The summed E-state index contributed by atoms with van der Waals surface area (Å²) in [5.74, 6) is 1.06. The van der Waals surface area contributed by atoms with Gasteiger partial charge in [0, 0.05) is 10.8 Å². The van der Waals surface area contributed by atoms with Gasteiger partial charge in [-0.05, 0) is 19.8 Å². The van der Waals surface area contributed by atoms with E-state index in [1.807, 2.05) is 4.52 Å². The topological polar surface area (TPSA) is 56.2 Å². The predicted octanol–water partition coefficient (Wildman–Crippen LogP) is 2.34. The largest absolute Gasteiger partial charge is 0.366 e. The average Bonchev–Trinajstić information content (AvgIpc) is 2.80. The predicted molar refractivity (Wildman–Crippen MR) is 61.2 cm³/mol. The number of anilines is 1. The van der Waals surface area contributed by atoms with Crippen molar-refractivity contribution in [3.8, 4) is 0 Å². The number of aryl methyl sites for hydroxylation is 1. The van der Waals surface area contributed by atoms with E-state index in [-0.39, 0.29) is 0 Å². The minimum absolute atomic E-state index is 0.389. The number of nitrogens with zero attached hydrogens (tertiary/aromatic N) is 3. The quantitative estimate of drug-likeness (QED) is 0.805. The second kappa shape index (κ2) is 3.20. The molecule has 0 bridgehead atoms. The summed E-state index contributed by atoms with van der Waals surface area (Å²) in [6, 6.07) is 0. The smallest absolute Gasteiger partial charge is 0.241 e. The van der Waals surface area contributed by atoms with E-state index in [2.05, 4.69) is 17.0 Å². The summed E-state index contributed by atoms with van der Waals surface area (Å²) in [4.78, 5) is 6.50. The van der Waals surface area contributed by atoms with E-state index < -0.39 is 0 Å². The van der Waals surface area contributed by atoms with E-state index in [0.717, 1.165) is 4.96 Å². The van der Waals surface area contributed by atoms with Gasteiger partial charge in [-0.3, -0.25) is 0 Å². The molecular weight excluding hydrogens is 208 g/mol. The maximum atomic E-state index is 5.62. The first kappa shape index (κ1) is 9.15. The highest BCUT2D eigenvalue weighted by Crippen LogP contribution is 2.38. The molecule has 80 valence electrons. The number of rotatable bonds is 1. The van der Waals surface area contributed by atoms with Crippen molar-refractivity contribution in [2.45, 2.75) is 38.5 Å². The van der Waals surface area contributed by atoms with Crippen molar-refractivity contribution in [3.05, 3.63) is 10.6 Å². The lowest BCUT2D eigenvalue weighted by molar-refractivity contribution is 0.667. The fourth-order valence-corrected chi connectivity index (χ4v) is 3.53. The van der Waals surface area contributed by atoms with Gasteiger partial charge in [-0.25, -0.2) is 4.52 Å². The first-order valence-corrected chi connectivity index (χ1v) is 6.19. The Hall–Kier alpha value is -1.10. The molecule has 0 atom stereocenters. The number of fused-ring (bicyclic) bond motifs is 1. The Balaban J connectivity index is 2.17. The number of thiazole rings is 1. The third-order valence-electron chi connectivity index (χ3n) is 3.17. The van der Waals surface area contributed by atoms with Crippen LogP contribution in [0.1, 0.15) is 42.2 Å². The van der Waals surface area contributed by atoms with Crippen LogP contribution >= 0.6 is 11.3 Å². The van der Waals surface area contributed by atoms with Crippen molar-refractivity contribution < 1.29 is 0 Å². The lowest BCUT2D eigenvalue weighted by Crippen LogP contribution is -2.01. The number of hydrogen-bond donors (Lipinski definition) is 1. The molecule has 5 heteroatoms. The molecule has 0 aliphatic heterocycles. The molecule has 1 saturated carbocycles. The van der Waals surface area contributed by atoms with Gasteiger partial charge in [-0.1, -0.05) is 24.2 Å². The maximum Gasteiger partial charge on any atom is 0.241 e. The molecule has 1 aliphatic rings. The first-order chi connectivity index (χ1) is 7.25. The molecule has 2 aromatic rings. The molecule has 2 aromatic heterocycles. The molecule has 2 N–H and O–H groups in total. The van der Waals surface area contributed by atoms with Crippen molar-refractivity contribution >= 4 is 22.2 Å². The molecule has 0 spiro atoms. The fourth-order valence-electron chi connectivity index (χ4n) is 2.53. The zero-order valence-corrected chi connectivity index (χ0v) is 9.55. The molecular formula is C10H14N4S. The van der Waals surface area contributed by atoms with Crippen LogP contribution in [0.3, 0.4) is 0 Å². The molecule has 0 aromatic carbocycles. The Labute approximate surface area is 92.1 Å². The summed E-state index contributed by atoms with van der Waals surface area (Å²) in [6.45, 7) is 2.16. The van der Waals surface area contributed by atoms with Crippen molar-refractivity contribution in [3.63, 3.8) is 0 Å². The van der Waals surface area contributed by atoms with Gasteiger partial charge in [0.05, 0.1) is 5.69 Å². The minimum Gasteiger partial charge on any atom is -0.366 e. The Morgan fingerprint density at radius 1 is 1.40 bits per heavy atom. The maximum absolute atomic E-state index is 5.62. The molecule has 0 saturated heterocycles. The number of aromatic nitrogens is 3. The van der Waals surface area contributed by atoms with Crippen LogP contribution in [0.25, 0.3) is 4.96 Å². The van der Waals surface area contributed by atoms with Crippen LogP contribution in [0.2, 0.25) is 0 Å². The third-order valence-corrected chi connectivity index (χ3v) is 4.13. The lowest BCUT2D eigenvalue weighted by atomic mass is 10.0. The molecule has 1 fully saturated rings. The van der Waals surface area contributed by atoms with Gasteiger partial charge in [0.2, 0.25) is 10.9 Å². The third kappa shape index (κ3) is 1.33. The highest BCUT2D eigenvalue weighted by Gasteiger charge is 2.24. The van der Waals surface area contributed by atoms with Gasteiger partial charge < -0.3 is 5.73 Å². The second-order valence-electron chi connectivity index (χ2n) is 4.19. The molecule has 0 radical (unpaired) electrons. The molecule has 4 nitrogen and oxygen atoms in total. The van der Waals surface area contributed by atoms with E-state index in [0.29, 0.717) is 11.9 Å². The van der Waals surface area contributed by atoms with E-state index >= 15 is 0 Å².